The molecule has 2 aromatic heterocycles. The van der Waals surface area contributed by atoms with Gasteiger partial charge in [-0.05, 0) is 0 Å². The molecule has 16 heavy (non-hydrogen) atoms. The number of hydrogen-bond acceptors (Lipinski definition) is 6. The number of methoxy groups -OCH3 is 1. The van der Waals surface area contributed by atoms with Crippen molar-refractivity contribution in [2.45, 2.75) is 6.42 Å². The summed E-state index contributed by atoms with van der Waals surface area (Å²) < 4.78 is 4.99. The highest BCUT2D eigenvalue weighted by Gasteiger charge is 1.99. The van der Waals surface area contributed by atoms with Gasteiger partial charge < -0.3 is 10.1 Å². The molecule has 7 heteroatoms. The highest BCUT2D eigenvalue weighted by atomic mass is 16.5. The molecule has 2 heterocycles. The summed E-state index contributed by atoms with van der Waals surface area (Å²) in [7, 11) is 1.57. The lowest BCUT2D eigenvalue weighted by atomic mass is 10.4. The van der Waals surface area contributed by atoms with Crippen molar-refractivity contribution in [2.24, 2.45) is 0 Å². The van der Waals surface area contributed by atoms with Crippen LogP contribution in [0.1, 0.15) is 5.82 Å². The number of nitrogens with one attached hydrogen (secondary N) is 2. The minimum absolute atomic E-state index is 0.539. The second-order valence-corrected chi connectivity index (χ2v) is 3.05. The van der Waals surface area contributed by atoms with Crippen LogP contribution in [0.3, 0.4) is 0 Å². The molecule has 2 aromatic rings. The van der Waals surface area contributed by atoms with Crippen LogP contribution in [0.4, 0.5) is 5.82 Å². The molecular formula is C9H12N6O. The molecule has 0 fully saturated rings. The van der Waals surface area contributed by atoms with Crippen LogP contribution in [0.5, 0.6) is 5.88 Å². The molecule has 0 amide bonds. The van der Waals surface area contributed by atoms with Gasteiger partial charge >= 0.3 is 0 Å². The van der Waals surface area contributed by atoms with Gasteiger partial charge in [0.1, 0.15) is 24.3 Å². The molecule has 2 rings (SSSR count). The summed E-state index contributed by atoms with van der Waals surface area (Å²) in [6.07, 6.45) is 3.70. The maximum atomic E-state index is 4.99. The number of ether oxygens (including phenoxy) is 1. The van der Waals surface area contributed by atoms with Crippen LogP contribution >= 0.6 is 0 Å². The van der Waals surface area contributed by atoms with Crippen LogP contribution < -0.4 is 10.1 Å². The van der Waals surface area contributed by atoms with Crippen molar-refractivity contribution in [3.8, 4) is 5.88 Å². The Balaban J connectivity index is 1.85. The molecule has 0 saturated heterocycles. The van der Waals surface area contributed by atoms with E-state index in [9.17, 15) is 0 Å². The first-order valence-corrected chi connectivity index (χ1v) is 4.82. The molecule has 84 valence electrons. The van der Waals surface area contributed by atoms with Gasteiger partial charge in [-0.15, -0.1) is 0 Å². The Kier molecular flexibility index (Phi) is 3.27. The van der Waals surface area contributed by atoms with Gasteiger partial charge in [0.05, 0.1) is 7.11 Å². The first kappa shape index (κ1) is 10.3. The Labute approximate surface area is 92.3 Å². The summed E-state index contributed by atoms with van der Waals surface area (Å²) in [5.74, 6) is 2.11. The number of anilines is 1. The van der Waals surface area contributed by atoms with E-state index >= 15 is 0 Å². The first-order valence-electron chi connectivity index (χ1n) is 4.82. The van der Waals surface area contributed by atoms with Gasteiger partial charge in [0.25, 0.3) is 0 Å². The minimum atomic E-state index is 0.539. The van der Waals surface area contributed by atoms with Gasteiger partial charge in [0.15, 0.2) is 0 Å². The van der Waals surface area contributed by atoms with Crippen molar-refractivity contribution < 1.29 is 4.74 Å². The average molecular weight is 220 g/mol. The van der Waals surface area contributed by atoms with Crippen LogP contribution in [0.2, 0.25) is 0 Å². The van der Waals surface area contributed by atoms with Crippen molar-refractivity contribution in [1.29, 1.82) is 0 Å². The lowest BCUT2D eigenvalue weighted by Crippen LogP contribution is -2.07. The molecule has 0 aliphatic heterocycles. The van der Waals surface area contributed by atoms with Gasteiger partial charge in [0.2, 0.25) is 5.88 Å². The Morgan fingerprint density at radius 3 is 3.00 bits per heavy atom. The third kappa shape index (κ3) is 2.66. The zero-order valence-electron chi connectivity index (χ0n) is 8.84. The third-order valence-electron chi connectivity index (χ3n) is 1.98. The van der Waals surface area contributed by atoms with E-state index in [2.05, 4.69) is 30.5 Å². The summed E-state index contributed by atoms with van der Waals surface area (Å²) >= 11 is 0. The smallest absolute Gasteiger partial charge is 0.218 e. The molecule has 7 nitrogen and oxygen atoms in total. The molecule has 0 radical (unpaired) electrons. The maximum Gasteiger partial charge on any atom is 0.218 e. The zero-order chi connectivity index (χ0) is 11.2. The lowest BCUT2D eigenvalue weighted by Gasteiger charge is -2.04. The first-order chi connectivity index (χ1) is 7.88. The number of nitrogens with zero attached hydrogens (tertiary/aromatic N) is 4. The van der Waals surface area contributed by atoms with Gasteiger partial charge in [-0.1, -0.05) is 0 Å². The van der Waals surface area contributed by atoms with Gasteiger partial charge in [-0.3, -0.25) is 5.10 Å². The predicted octanol–water partition coefficient (Wildman–Crippen LogP) is 0.258. The number of hydrogen-bond donors (Lipinski definition) is 2. The fraction of sp³-hybridized carbons (Fsp3) is 0.333. The van der Waals surface area contributed by atoms with E-state index in [-0.39, 0.29) is 0 Å². The Hall–Kier alpha value is -2.18. The van der Waals surface area contributed by atoms with Crippen LogP contribution in [0, 0.1) is 0 Å². The largest absolute Gasteiger partial charge is 0.481 e. The van der Waals surface area contributed by atoms with Crippen molar-refractivity contribution in [2.75, 3.05) is 19.0 Å². The molecule has 0 saturated carbocycles. The highest BCUT2D eigenvalue weighted by molar-refractivity contribution is 5.36. The normalized spacial score (nSPS) is 10.1. The summed E-state index contributed by atoms with van der Waals surface area (Å²) in [5.41, 5.74) is 0. The lowest BCUT2D eigenvalue weighted by molar-refractivity contribution is 0.397. The maximum absolute atomic E-state index is 4.99. The molecule has 0 spiro atoms. The Morgan fingerprint density at radius 1 is 1.31 bits per heavy atom. The van der Waals surface area contributed by atoms with E-state index in [0.29, 0.717) is 5.88 Å². The summed E-state index contributed by atoms with van der Waals surface area (Å²) in [5, 5.41) is 9.69. The van der Waals surface area contributed by atoms with E-state index in [1.165, 1.54) is 12.7 Å². The molecule has 0 unspecified atom stereocenters. The van der Waals surface area contributed by atoms with Crippen molar-refractivity contribution in [3.05, 3.63) is 24.5 Å². The van der Waals surface area contributed by atoms with E-state index < -0.39 is 0 Å². The molecule has 2 N–H and O–H groups in total. The molecule has 0 aromatic carbocycles. The highest BCUT2D eigenvalue weighted by Crippen LogP contribution is 2.09. The summed E-state index contributed by atoms with van der Waals surface area (Å²) in [6.45, 7) is 0.718. The third-order valence-corrected chi connectivity index (χ3v) is 1.98. The summed E-state index contributed by atoms with van der Waals surface area (Å²) in [4.78, 5) is 12.0. The molecule has 0 bridgehead atoms. The van der Waals surface area contributed by atoms with Crippen LogP contribution in [-0.4, -0.2) is 38.8 Å². The molecular weight excluding hydrogens is 208 g/mol. The van der Waals surface area contributed by atoms with E-state index in [4.69, 9.17) is 4.74 Å². The number of rotatable bonds is 5. The van der Waals surface area contributed by atoms with E-state index in [0.717, 1.165) is 24.6 Å². The number of aromatic nitrogens is 5. The number of H-pyrrole nitrogens is 1. The minimum Gasteiger partial charge on any atom is -0.481 e. The van der Waals surface area contributed by atoms with Crippen molar-refractivity contribution >= 4 is 5.82 Å². The Morgan fingerprint density at radius 2 is 2.25 bits per heavy atom. The van der Waals surface area contributed by atoms with Gasteiger partial charge in [-0.25, -0.2) is 15.0 Å². The van der Waals surface area contributed by atoms with E-state index in [1.54, 1.807) is 13.2 Å². The predicted molar refractivity (Wildman–Crippen MR) is 57.2 cm³/mol. The second-order valence-electron chi connectivity index (χ2n) is 3.05. The monoisotopic (exact) mass is 220 g/mol. The van der Waals surface area contributed by atoms with E-state index in [1.807, 2.05) is 0 Å². The molecule has 0 aliphatic carbocycles. The number of aromatic amines is 1. The molecule has 0 aliphatic rings. The van der Waals surface area contributed by atoms with Crippen LogP contribution in [0.15, 0.2) is 18.7 Å². The van der Waals surface area contributed by atoms with Gasteiger partial charge in [0, 0.05) is 19.0 Å². The van der Waals surface area contributed by atoms with Crippen molar-refractivity contribution in [1.82, 2.24) is 25.1 Å². The van der Waals surface area contributed by atoms with Crippen molar-refractivity contribution in [3.63, 3.8) is 0 Å². The summed E-state index contributed by atoms with van der Waals surface area (Å²) in [6, 6.07) is 1.74. The van der Waals surface area contributed by atoms with Crippen LogP contribution in [-0.2, 0) is 6.42 Å². The SMILES string of the molecule is COc1cc(NCCc2ncn[nH]2)ncn1. The van der Waals surface area contributed by atoms with Gasteiger partial charge in [-0.2, -0.15) is 5.10 Å². The standard InChI is InChI=1S/C9H12N6O/c1-16-9-4-8(11-5-13-9)10-3-2-7-12-6-14-15-7/h4-6H,2-3H2,1H3,(H,10,11,13)(H,12,14,15). The molecule has 0 atom stereocenters. The Bertz CT molecular complexity index is 429. The zero-order valence-corrected chi connectivity index (χ0v) is 8.84. The quantitative estimate of drug-likeness (QED) is 0.751. The topological polar surface area (TPSA) is 88.6 Å². The second kappa shape index (κ2) is 5.06. The average Bonchev–Trinajstić information content (AvgIpc) is 2.82. The van der Waals surface area contributed by atoms with Crippen LogP contribution in [0.25, 0.3) is 0 Å². The fourth-order valence-corrected chi connectivity index (χ4v) is 1.21. The fourth-order valence-electron chi connectivity index (χ4n) is 1.21.